The standard InChI is InChI=1S/C16H29N5/c1-3-14-10-21(11-16-18-12-19-20(16)2)15(9-17-14)13-7-5-4-6-8-13/h12-15,17H,3-11H2,1-2H3. The summed E-state index contributed by atoms with van der Waals surface area (Å²) < 4.78 is 1.92. The normalized spacial score (nSPS) is 28.9. The molecule has 5 nitrogen and oxygen atoms in total. The van der Waals surface area contributed by atoms with E-state index in [1.54, 1.807) is 6.33 Å². The Morgan fingerprint density at radius 1 is 1.29 bits per heavy atom. The highest BCUT2D eigenvalue weighted by Crippen LogP contribution is 2.31. The largest absolute Gasteiger partial charge is 0.311 e. The Bertz CT molecular complexity index is 438. The van der Waals surface area contributed by atoms with Crippen LogP contribution in [0.4, 0.5) is 0 Å². The molecule has 0 aromatic carbocycles. The molecule has 0 amide bonds. The highest BCUT2D eigenvalue weighted by atomic mass is 15.3. The molecule has 2 fully saturated rings. The molecule has 21 heavy (non-hydrogen) atoms. The summed E-state index contributed by atoms with van der Waals surface area (Å²) in [5.41, 5.74) is 0. The Morgan fingerprint density at radius 3 is 2.76 bits per heavy atom. The molecule has 118 valence electrons. The zero-order chi connectivity index (χ0) is 14.7. The molecule has 1 N–H and O–H groups in total. The second-order valence-electron chi connectivity index (χ2n) is 6.71. The van der Waals surface area contributed by atoms with Gasteiger partial charge in [0.25, 0.3) is 0 Å². The molecule has 0 spiro atoms. The number of aromatic nitrogens is 3. The van der Waals surface area contributed by atoms with Crippen LogP contribution in [0.3, 0.4) is 0 Å². The van der Waals surface area contributed by atoms with Crippen LogP contribution in [0.2, 0.25) is 0 Å². The lowest BCUT2D eigenvalue weighted by Crippen LogP contribution is -2.58. The monoisotopic (exact) mass is 291 g/mol. The Hall–Kier alpha value is -0.940. The van der Waals surface area contributed by atoms with Crippen LogP contribution in [0, 0.1) is 5.92 Å². The van der Waals surface area contributed by atoms with Crippen molar-refractivity contribution in [3.63, 3.8) is 0 Å². The van der Waals surface area contributed by atoms with E-state index in [4.69, 9.17) is 0 Å². The van der Waals surface area contributed by atoms with Crippen LogP contribution in [-0.4, -0.2) is 44.8 Å². The minimum atomic E-state index is 0.623. The van der Waals surface area contributed by atoms with E-state index < -0.39 is 0 Å². The van der Waals surface area contributed by atoms with Gasteiger partial charge in [-0.05, 0) is 25.2 Å². The first-order valence-electron chi connectivity index (χ1n) is 8.58. The van der Waals surface area contributed by atoms with Gasteiger partial charge in [0.2, 0.25) is 0 Å². The molecule has 2 aliphatic rings. The Morgan fingerprint density at radius 2 is 2.10 bits per heavy atom. The molecule has 1 saturated carbocycles. The number of nitrogens with zero attached hydrogens (tertiary/aromatic N) is 4. The predicted octanol–water partition coefficient (Wildman–Crippen LogP) is 1.95. The quantitative estimate of drug-likeness (QED) is 0.921. The van der Waals surface area contributed by atoms with Crippen LogP contribution in [0.5, 0.6) is 0 Å². The van der Waals surface area contributed by atoms with Crippen molar-refractivity contribution in [2.75, 3.05) is 13.1 Å². The molecule has 1 aromatic rings. The van der Waals surface area contributed by atoms with Crippen LogP contribution in [0.1, 0.15) is 51.3 Å². The summed E-state index contributed by atoms with van der Waals surface area (Å²) in [6, 6.07) is 1.29. The lowest BCUT2D eigenvalue weighted by molar-refractivity contribution is 0.0615. The van der Waals surface area contributed by atoms with Crippen LogP contribution in [-0.2, 0) is 13.6 Å². The topological polar surface area (TPSA) is 46.0 Å². The van der Waals surface area contributed by atoms with E-state index in [9.17, 15) is 0 Å². The lowest BCUT2D eigenvalue weighted by atomic mass is 9.82. The van der Waals surface area contributed by atoms with Crippen molar-refractivity contribution >= 4 is 0 Å². The van der Waals surface area contributed by atoms with Crippen molar-refractivity contribution in [2.45, 2.75) is 64.1 Å². The van der Waals surface area contributed by atoms with Gasteiger partial charge < -0.3 is 5.32 Å². The van der Waals surface area contributed by atoms with Crippen LogP contribution < -0.4 is 5.32 Å². The van der Waals surface area contributed by atoms with E-state index >= 15 is 0 Å². The summed E-state index contributed by atoms with van der Waals surface area (Å²) >= 11 is 0. The Balaban J connectivity index is 1.71. The van der Waals surface area contributed by atoms with Crippen molar-refractivity contribution < 1.29 is 0 Å². The van der Waals surface area contributed by atoms with Gasteiger partial charge in [-0.15, -0.1) is 0 Å². The van der Waals surface area contributed by atoms with Crippen molar-refractivity contribution in [3.05, 3.63) is 12.2 Å². The van der Waals surface area contributed by atoms with E-state index in [0.29, 0.717) is 12.1 Å². The molecule has 1 aliphatic heterocycles. The fraction of sp³-hybridized carbons (Fsp3) is 0.875. The first kappa shape index (κ1) is 15.0. The zero-order valence-electron chi connectivity index (χ0n) is 13.5. The summed E-state index contributed by atoms with van der Waals surface area (Å²) in [7, 11) is 2.00. The molecule has 1 saturated heterocycles. The van der Waals surface area contributed by atoms with Gasteiger partial charge in [-0.1, -0.05) is 26.2 Å². The van der Waals surface area contributed by atoms with Crippen molar-refractivity contribution in [1.29, 1.82) is 0 Å². The third-order valence-electron chi connectivity index (χ3n) is 5.38. The molecule has 2 heterocycles. The van der Waals surface area contributed by atoms with Gasteiger partial charge in [0, 0.05) is 32.2 Å². The number of nitrogens with one attached hydrogen (secondary N) is 1. The molecular weight excluding hydrogens is 262 g/mol. The third-order valence-corrected chi connectivity index (χ3v) is 5.38. The van der Waals surface area contributed by atoms with E-state index in [1.807, 2.05) is 11.7 Å². The zero-order valence-corrected chi connectivity index (χ0v) is 13.5. The van der Waals surface area contributed by atoms with Gasteiger partial charge in [0.1, 0.15) is 12.2 Å². The smallest absolute Gasteiger partial charge is 0.140 e. The number of piperazine rings is 1. The summed E-state index contributed by atoms with van der Waals surface area (Å²) in [4.78, 5) is 7.10. The highest BCUT2D eigenvalue weighted by molar-refractivity contribution is 4.94. The van der Waals surface area contributed by atoms with Crippen molar-refractivity contribution in [3.8, 4) is 0 Å². The second-order valence-corrected chi connectivity index (χ2v) is 6.71. The molecule has 2 unspecified atom stereocenters. The van der Waals surface area contributed by atoms with Crippen molar-refractivity contribution in [1.82, 2.24) is 25.0 Å². The summed E-state index contributed by atoms with van der Waals surface area (Å²) in [6.07, 6.45) is 9.93. The van der Waals surface area contributed by atoms with Gasteiger partial charge in [0.05, 0.1) is 6.54 Å². The maximum absolute atomic E-state index is 4.43. The summed E-state index contributed by atoms with van der Waals surface area (Å²) in [5.74, 6) is 1.95. The van der Waals surface area contributed by atoms with Crippen LogP contribution in [0.15, 0.2) is 6.33 Å². The van der Waals surface area contributed by atoms with E-state index in [1.165, 1.54) is 38.5 Å². The number of rotatable bonds is 4. The first-order valence-corrected chi connectivity index (χ1v) is 8.58. The molecule has 1 aliphatic carbocycles. The van der Waals surface area contributed by atoms with E-state index in [-0.39, 0.29) is 0 Å². The molecular formula is C16H29N5. The van der Waals surface area contributed by atoms with Crippen LogP contribution in [0.25, 0.3) is 0 Å². The Kier molecular flexibility index (Phi) is 4.91. The van der Waals surface area contributed by atoms with Crippen molar-refractivity contribution in [2.24, 2.45) is 13.0 Å². The maximum Gasteiger partial charge on any atom is 0.140 e. The van der Waals surface area contributed by atoms with Crippen LogP contribution >= 0.6 is 0 Å². The minimum Gasteiger partial charge on any atom is -0.311 e. The van der Waals surface area contributed by atoms with Gasteiger partial charge in [-0.3, -0.25) is 9.58 Å². The molecule has 2 atom stereocenters. The maximum atomic E-state index is 4.43. The molecule has 3 rings (SSSR count). The van der Waals surface area contributed by atoms with E-state index in [2.05, 4.69) is 27.2 Å². The number of hydrogen-bond acceptors (Lipinski definition) is 4. The van der Waals surface area contributed by atoms with Gasteiger partial charge in [0.15, 0.2) is 0 Å². The van der Waals surface area contributed by atoms with Gasteiger partial charge >= 0.3 is 0 Å². The Labute approximate surface area is 128 Å². The summed E-state index contributed by atoms with van der Waals surface area (Å²) in [6.45, 7) is 5.50. The highest BCUT2D eigenvalue weighted by Gasteiger charge is 2.33. The number of hydrogen-bond donors (Lipinski definition) is 1. The summed E-state index contributed by atoms with van der Waals surface area (Å²) in [5, 5.41) is 7.98. The molecule has 5 heteroatoms. The second kappa shape index (κ2) is 6.88. The average molecular weight is 291 g/mol. The predicted molar refractivity (Wildman–Crippen MR) is 83.9 cm³/mol. The molecule has 0 radical (unpaired) electrons. The van der Waals surface area contributed by atoms with E-state index in [0.717, 1.165) is 31.4 Å². The fourth-order valence-corrected chi connectivity index (χ4v) is 3.98. The minimum absolute atomic E-state index is 0.623. The molecule has 0 bridgehead atoms. The molecule has 1 aromatic heterocycles. The van der Waals surface area contributed by atoms with Gasteiger partial charge in [-0.25, -0.2) is 4.98 Å². The fourth-order valence-electron chi connectivity index (χ4n) is 3.98. The lowest BCUT2D eigenvalue weighted by Gasteiger charge is -2.44. The number of aryl methyl sites for hydroxylation is 1. The SMILES string of the molecule is CCC1CN(Cc2ncnn2C)C(C2CCCCC2)CN1. The third kappa shape index (κ3) is 3.46. The first-order chi connectivity index (χ1) is 10.3. The van der Waals surface area contributed by atoms with Gasteiger partial charge in [-0.2, -0.15) is 5.10 Å². The average Bonchev–Trinajstić information content (AvgIpc) is 2.93.